The van der Waals surface area contributed by atoms with Gasteiger partial charge in [0.15, 0.2) is 0 Å². The molecule has 98 valence electrons. The topological polar surface area (TPSA) is 0 Å². The van der Waals surface area contributed by atoms with Crippen LogP contribution in [0.4, 0.5) is 0 Å². The lowest BCUT2D eigenvalue weighted by Crippen LogP contribution is -1.93. The maximum atomic E-state index is 6.22. The molecule has 0 heterocycles. The highest BCUT2D eigenvalue weighted by Crippen LogP contribution is 2.35. The van der Waals surface area contributed by atoms with Crippen LogP contribution in [0.25, 0.3) is 17.2 Å². The highest BCUT2D eigenvalue weighted by Gasteiger charge is 2.11. The minimum absolute atomic E-state index is 0.743. The van der Waals surface area contributed by atoms with E-state index in [9.17, 15) is 0 Å². The molecule has 0 aliphatic carbocycles. The van der Waals surface area contributed by atoms with Crippen LogP contribution in [0.1, 0.15) is 22.3 Å². The van der Waals surface area contributed by atoms with Crippen molar-refractivity contribution in [2.45, 2.75) is 20.8 Å². The fourth-order valence-electron chi connectivity index (χ4n) is 2.29. The second kappa shape index (κ2) is 5.52. The molecule has 0 atom stereocenters. The molecule has 0 fully saturated rings. The summed E-state index contributed by atoms with van der Waals surface area (Å²) in [6.07, 6.45) is 1.85. The number of rotatable bonds is 2. The van der Waals surface area contributed by atoms with E-state index in [1.54, 1.807) is 0 Å². The smallest absolute Gasteiger partial charge is 0.0418 e. The Hall–Kier alpha value is -1.05. The number of hydrogen-bond donors (Lipinski definition) is 0. The number of aryl methyl sites for hydroxylation is 1. The summed E-state index contributed by atoms with van der Waals surface area (Å²) in [5.74, 6) is 0. The van der Waals surface area contributed by atoms with Crippen molar-refractivity contribution in [2.24, 2.45) is 0 Å². The van der Waals surface area contributed by atoms with Crippen molar-refractivity contribution in [1.82, 2.24) is 0 Å². The number of halogens is 2. The van der Waals surface area contributed by atoms with E-state index < -0.39 is 0 Å². The van der Waals surface area contributed by atoms with Crippen LogP contribution in [-0.4, -0.2) is 0 Å². The molecule has 0 saturated carbocycles. The van der Waals surface area contributed by atoms with Gasteiger partial charge in [-0.05, 0) is 78.4 Å². The third kappa shape index (κ3) is 2.77. The summed E-state index contributed by atoms with van der Waals surface area (Å²) >= 11 is 9.79. The van der Waals surface area contributed by atoms with E-state index in [0.29, 0.717) is 0 Å². The Morgan fingerprint density at radius 3 is 2.26 bits per heavy atom. The highest BCUT2D eigenvalue weighted by atomic mass is 79.9. The third-order valence-corrected chi connectivity index (χ3v) is 4.23. The predicted molar refractivity (Wildman–Crippen MR) is 88.9 cm³/mol. The maximum Gasteiger partial charge on any atom is 0.0418 e. The van der Waals surface area contributed by atoms with E-state index in [1.807, 2.05) is 18.2 Å². The van der Waals surface area contributed by atoms with Crippen LogP contribution in [0.2, 0.25) is 5.02 Å². The Kier molecular flexibility index (Phi) is 4.17. The third-order valence-electron chi connectivity index (χ3n) is 3.55. The van der Waals surface area contributed by atoms with Gasteiger partial charge in [-0.3, -0.25) is 0 Å². The van der Waals surface area contributed by atoms with E-state index in [0.717, 1.165) is 15.1 Å². The van der Waals surface area contributed by atoms with E-state index in [1.165, 1.54) is 27.8 Å². The van der Waals surface area contributed by atoms with Gasteiger partial charge in [0.1, 0.15) is 0 Å². The molecule has 2 aromatic rings. The summed E-state index contributed by atoms with van der Waals surface area (Å²) in [4.78, 5) is 0. The molecule has 0 N–H and O–H groups in total. The van der Waals surface area contributed by atoms with Gasteiger partial charge in [0, 0.05) is 9.50 Å². The van der Waals surface area contributed by atoms with Crippen molar-refractivity contribution in [3.8, 4) is 11.1 Å². The maximum absolute atomic E-state index is 6.22. The molecular formula is C17H16BrCl. The SMILES string of the molecule is C=Cc1cc(Cl)cc(-c2cc(Br)cc(C)c2C)c1C. The lowest BCUT2D eigenvalue weighted by atomic mass is 9.92. The quantitative estimate of drug-likeness (QED) is 0.601. The van der Waals surface area contributed by atoms with Crippen LogP contribution in [0, 0.1) is 20.8 Å². The van der Waals surface area contributed by atoms with Crippen molar-refractivity contribution in [1.29, 1.82) is 0 Å². The molecule has 0 spiro atoms. The summed E-state index contributed by atoms with van der Waals surface area (Å²) in [7, 11) is 0. The Balaban J connectivity index is 2.79. The van der Waals surface area contributed by atoms with E-state index in [-0.39, 0.29) is 0 Å². The molecule has 19 heavy (non-hydrogen) atoms. The fraction of sp³-hybridized carbons (Fsp3) is 0.176. The first-order chi connectivity index (χ1) is 8.93. The Bertz CT molecular complexity index is 657. The zero-order valence-electron chi connectivity index (χ0n) is 11.3. The van der Waals surface area contributed by atoms with Crippen LogP contribution in [-0.2, 0) is 0 Å². The van der Waals surface area contributed by atoms with Gasteiger partial charge >= 0.3 is 0 Å². The van der Waals surface area contributed by atoms with Gasteiger partial charge < -0.3 is 0 Å². The molecule has 0 unspecified atom stereocenters. The van der Waals surface area contributed by atoms with Gasteiger partial charge in [-0.15, -0.1) is 0 Å². The first-order valence-electron chi connectivity index (χ1n) is 6.13. The van der Waals surface area contributed by atoms with Gasteiger partial charge in [-0.1, -0.05) is 40.2 Å². The molecule has 0 radical (unpaired) electrons. The van der Waals surface area contributed by atoms with Gasteiger partial charge in [0.2, 0.25) is 0 Å². The van der Waals surface area contributed by atoms with Crippen LogP contribution in [0.15, 0.2) is 35.3 Å². The number of benzene rings is 2. The molecule has 2 aromatic carbocycles. The van der Waals surface area contributed by atoms with Crippen molar-refractivity contribution in [2.75, 3.05) is 0 Å². The minimum Gasteiger partial charge on any atom is -0.0985 e. The molecule has 2 rings (SSSR count). The van der Waals surface area contributed by atoms with Gasteiger partial charge in [-0.25, -0.2) is 0 Å². The van der Waals surface area contributed by atoms with Gasteiger partial charge in [0.25, 0.3) is 0 Å². The number of hydrogen-bond acceptors (Lipinski definition) is 0. The first-order valence-corrected chi connectivity index (χ1v) is 7.31. The molecule has 0 bridgehead atoms. The van der Waals surface area contributed by atoms with Gasteiger partial charge in [-0.2, -0.15) is 0 Å². The molecular weight excluding hydrogens is 320 g/mol. The highest BCUT2D eigenvalue weighted by molar-refractivity contribution is 9.10. The zero-order chi connectivity index (χ0) is 14.2. The van der Waals surface area contributed by atoms with E-state index >= 15 is 0 Å². The van der Waals surface area contributed by atoms with Crippen molar-refractivity contribution >= 4 is 33.6 Å². The summed E-state index contributed by atoms with van der Waals surface area (Å²) in [5.41, 5.74) is 7.23. The lowest BCUT2D eigenvalue weighted by molar-refractivity contribution is 1.31. The summed E-state index contributed by atoms with van der Waals surface area (Å²) in [6, 6.07) is 8.26. The van der Waals surface area contributed by atoms with Gasteiger partial charge in [0.05, 0.1) is 0 Å². The predicted octanol–water partition coefficient (Wildman–Crippen LogP) is 6.34. The summed E-state index contributed by atoms with van der Waals surface area (Å²) in [6.45, 7) is 10.2. The Morgan fingerprint density at radius 1 is 1.00 bits per heavy atom. The molecule has 0 aliphatic heterocycles. The average molecular weight is 336 g/mol. The fourth-order valence-corrected chi connectivity index (χ4v) is 3.09. The van der Waals surface area contributed by atoms with Crippen LogP contribution in [0.5, 0.6) is 0 Å². The molecule has 2 heteroatoms. The normalized spacial score (nSPS) is 10.6. The van der Waals surface area contributed by atoms with Crippen LogP contribution in [0.3, 0.4) is 0 Å². The van der Waals surface area contributed by atoms with E-state index in [2.05, 4.69) is 55.4 Å². The largest absolute Gasteiger partial charge is 0.0985 e. The molecule has 0 nitrogen and oxygen atoms in total. The van der Waals surface area contributed by atoms with Crippen molar-refractivity contribution in [3.05, 3.63) is 62.6 Å². The van der Waals surface area contributed by atoms with Crippen LogP contribution >= 0.6 is 27.5 Å². The monoisotopic (exact) mass is 334 g/mol. The van der Waals surface area contributed by atoms with Crippen molar-refractivity contribution in [3.63, 3.8) is 0 Å². The second-order valence-corrected chi connectivity index (χ2v) is 6.12. The molecule has 0 saturated heterocycles. The van der Waals surface area contributed by atoms with Crippen molar-refractivity contribution < 1.29 is 0 Å². The standard InChI is InChI=1S/C17H16BrCl/c1-5-13-7-15(19)9-17(12(13)4)16-8-14(18)6-10(2)11(16)3/h5-9H,1H2,2-4H3. The first kappa shape index (κ1) is 14.4. The average Bonchev–Trinajstić information content (AvgIpc) is 2.36. The molecule has 0 amide bonds. The molecule has 0 aromatic heterocycles. The Morgan fingerprint density at radius 2 is 1.63 bits per heavy atom. The zero-order valence-corrected chi connectivity index (χ0v) is 13.7. The summed E-state index contributed by atoms with van der Waals surface area (Å²) < 4.78 is 1.09. The summed E-state index contributed by atoms with van der Waals surface area (Å²) in [5, 5.41) is 0.743. The minimum atomic E-state index is 0.743. The van der Waals surface area contributed by atoms with Crippen LogP contribution < -0.4 is 0 Å². The Labute approximate surface area is 128 Å². The second-order valence-electron chi connectivity index (χ2n) is 4.77. The van der Waals surface area contributed by atoms with E-state index in [4.69, 9.17) is 11.6 Å². The lowest BCUT2D eigenvalue weighted by Gasteiger charge is -2.15. The molecule has 0 aliphatic rings.